The fourth-order valence-electron chi connectivity index (χ4n) is 1.21. The van der Waals surface area contributed by atoms with Crippen molar-refractivity contribution in [2.75, 3.05) is 0 Å². The van der Waals surface area contributed by atoms with E-state index in [1.54, 1.807) is 0 Å². The molecule has 0 saturated carbocycles. The van der Waals surface area contributed by atoms with Gasteiger partial charge in [-0.15, -0.1) is 0 Å². The van der Waals surface area contributed by atoms with Crippen molar-refractivity contribution in [1.29, 1.82) is 0 Å². The van der Waals surface area contributed by atoms with Crippen LogP contribution in [0.25, 0.3) is 0 Å². The predicted molar refractivity (Wildman–Crippen MR) is 59.8 cm³/mol. The van der Waals surface area contributed by atoms with E-state index in [9.17, 15) is 9.59 Å². The third kappa shape index (κ3) is 10.8. The van der Waals surface area contributed by atoms with Crippen molar-refractivity contribution in [3.8, 4) is 0 Å². The molecule has 3 nitrogen and oxygen atoms in total. The molecule has 0 radical (unpaired) electrons. The second-order valence-electron chi connectivity index (χ2n) is 3.58. The van der Waals surface area contributed by atoms with Gasteiger partial charge in [0.05, 0.1) is 0 Å². The molecule has 0 heterocycles. The summed E-state index contributed by atoms with van der Waals surface area (Å²) in [5.41, 5.74) is 0. The largest absolute Gasteiger partial charge is 0.481 e. The number of allylic oxidation sites excluding steroid dienone is 2. The molecule has 0 aromatic heterocycles. The Hall–Kier alpha value is -1.12. The van der Waals surface area contributed by atoms with E-state index < -0.39 is 5.97 Å². The minimum atomic E-state index is -0.828. The average Bonchev–Trinajstić information content (AvgIpc) is 2.17. The topological polar surface area (TPSA) is 54.4 Å². The maximum Gasteiger partial charge on any atom is 0.303 e. The van der Waals surface area contributed by atoms with Gasteiger partial charge in [-0.3, -0.25) is 9.59 Å². The SMILES string of the molecule is CCC/C=C\CCC(=O)CCCC(=O)O. The zero-order valence-electron chi connectivity index (χ0n) is 9.37. The number of hydrogen-bond acceptors (Lipinski definition) is 2. The fourth-order valence-corrected chi connectivity index (χ4v) is 1.21. The summed E-state index contributed by atoms with van der Waals surface area (Å²) in [5.74, 6) is -0.664. The lowest BCUT2D eigenvalue weighted by Gasteiger charge is -1.96. The molecule has 0 aliphatic carbocycles. The van der Waals surface area contributed by atoms with E-state index in [2.05, 4.69) is 13.0 Å². The molecule has 3 heteroatoms. The summed E-state index contributed by atoms with van der Waals surface area (Å²) in [7, 11) is 0. The lowest BCUT2D eigenvalue weighted by Crippen LogP contribution is -2.00. The van der Waals surface area contributed by atoms with Crippen molar-refractivity contribution in [3.63, 3.8) is 0 Å². The van der Waals surface area contributed by atoms with Crippen LogP contribution in [0, 0.1) is 0 Å². The van der Waals surface area contributed by atoms with Crippen molar-refractivity contribution >= 4 is 11.8 Å². The van der Waals surface area contributed by atoms with Gasteiger partial charge in [0.15, 0.2) is 0 Å². The fraction of sp³-hybridized carbons (Fsp3) is 0.667. The summed E-state index contributed by atoms with van der Waals surface area (Å²) in [6, 6.07) is 0. The summed E-state index contributed by atoms with van der Waals surface area (Å²) in [4.78, 5) is 21.4. The second kappa shape index (κ2) is 9.44. The van der Waals surface area contributed by atoms with Gasteiger partial charge in [-0.05, 0) is 19.3 Å². The highest BCUT2D eigenvalue weighted by Gasteiger charge is 2.02. The van der Waals surface area contributed by atoms with E-state index in [-0.39, 0.29) is 12.2 Å². The number of ketones is 1. The highest BCUT2D eigenvalue weighted by Crippen LogP contribution is 2.03. The quantitative estimate of drug-likeness (QED) is 0.598. The van der Waals surface area contributed by atoms with Gasteiger partial charge in [0, 0.05) is 19.3 Å². The normalized spacial score (nSPS) is 10.7. The number of hydrogen-bond donors (Lipinski definition) is 1. The molecule has 0 saturated heterocycles. The second-order valence-corrected chi connectivity index (χ2v) is 3.58. The van der Waals surface area contributed by atoms with Gasteiger partial charge in [0.25, 0.3) is 0 Å². The standard InChI is InChI=1S/C12H20O3/c1-2-3-4-5-6-8-11(13)9-7-10-12(14)15/h4-5H,2-3,6-10H2,1H3,(H,14,15)/b5-4-. The number of carboxylic acid groups (broad SMARTS) is 1. The van der Waals surface area contributed by atoms with Crippen molar-refractivity contribution in [2.24, 2.45) is 0 Å². The van der Waals surface area contributed by atoms with Crippen LogP contribution in [0.1, 0.15) is 51.9 Å². The molecule has 0 aromatic rings. The van der Waals surface area contributed by atoms with Gasteiger partial charge < -0.3 is 5.11 Å². The first-order valence-corrected chi connectivity index (χ1v) is 5.55. The van der Waals surface area contributed by atoms with Gasteiger partial charge >= 0.3 is 5.97 Å². The van der Waals surface area contributed by atoms with E-state index >= 15 is 0 Å². The molecule has 0 bridgehead atoms. The molecule has 0 rings (SSSR count). The maximum absolute atomic E-state index is 11.2. The Bertz CT molecular complexity index is 219. The summed E-state index contributed by atoms with van der Waals surface area (Å²) in [6.45, 7) is 2.11. The Morgan fingerprint density at radius 1 is 1.07 bits per heavy atom. The van der Waals surface area contributed by atoms with Gasteiger partial charge in [0.1, 0.15) is 5.78 Å². The van der Waals surface area contributed by atoms with Crippen molar-refractivity contribution < 1.29 is 14.7 Å². The summed E-state index contributed by atoms with van der Waals surface area (Å²) >= 11 is 0. The van der Waals surface area contributed by atoms with E-state index in [1.807, 2.05) is 6.08 Å². The zero-order chi connectivity index (χ0) is 11.5. The molecule has 0 aliphatic rings. The third-order valence-electron chi connectivity index (χ3n) is 2.06. The van der Waals surface area contributed by atoms with Crippen LogP contribution >= 0.6 is 0 Å². The molecule has 0 unspecified atom stereocenters. The number of unbranched alkanes of at least 4 members (excludes halogenated alkanes) is 1. The molecule has 0 amide bonds. The summed E-state index contributed by atoms with van der Waals surface area (Å²) in [5, 5.41) is 8.38. The molecular formula is C12H20O3. The van der Waals surface area contributed by atoms with Crippen molar-refractivity contribution in [2.45, 2.75) is 51.9 Å². The van der Waals surface area contributed by atoms with Crippen LogP contribution in [0.4, 0.5) is 0 Å². The van der Waals surface area contributed by atoms with Crippen LogP contribution in [0.5, 0.6) is 0 Å². The number of rotatable bonds is 9. The Labute approximate surface area is 91.2 Å². The third-order valence-corrected chi connectivity index (χ3v) is 2.06. The highest BCUT2D eigenvalue weighted by atomic mass is 16.4. The molecule has 0 fully saturated rings. The van der Waals surface area contributed by atoms with Crippen LogP contribution in [0.3, 0.4) is 0 Å². The van der Waals surface area contributed by atoms with Gasteiger partial charge in [0.2, 0.25) is 0 Å². The van der Waals surface area contributed by atoms with Crippen LogP contribution in [0.15, 0.2) is 12.2 Å². The lowest BCUT2D eigenvalue weighted by atomic mass is 10.1. The Kier molecular flexibility index (Phi) is 8.73. The van der Waals surface area contributed by atoms with Crippen molar-refractivity contribution in [3.05, 3.63) is 12.2 Å². The Morgan fingerprint density at radius 3 is 2.33 bits per heavy atom. The van der Waals surface area contributed by atoms with Crippen LogP contribution in [0.2, 0.25) is 0 Å². The zero-order valence-corrected chi connectivity index (χ0v) is 9.37. The minimum Gasteiger partial charge on any atom is -0.481 e. The van der Waals surface area contributed by atoms with E-state index in [0.717, 1.165) is 19.3 Å². The molecule has 0 spiro atoms. The number of aliphatic carboxylic acids is 1. The van der Waals surface area contributed by atoms with Crippen LogP contribution < -0.4 is 0 Å². The predicted octanol–water partition coefficient (Wildman–Crippen LogP) is 2.95. The van der Waals surface area contributed by atoms with Crippen LogP contribution in [-0.2, 0) is 9.59 Å². The number of Topliss-reactive ketones (excluding diaryl/α,β-unsaturated/α-hetero) is 1. The Balaban J connectivity index is 3.37. The van der Waals surface area contributed by atoms with E-state index in [1.165, 1.54) is 0 Å². The first-order chi connectivity index (χ1) is 7.16. The first-order valence-electron chi connectivity index (χ1n) is 5.55. The minimum absolute atomic E-state index is 0.0947. The molecular weight excluding hydrogens is 192 g/mol. The highest BCUT2D eigenvalue weighted by molar-refractivity contribution is 5.79. The number of carboxylic acids is 1. The summed E-state index contributed by atoms with van der Waals surface area (Å²) in [6.07, 6.45) is 8.59. The van der Waals surface area contributed by atoms with E-state index in [0.29, 0.717) is 19.3 Å². The van der Waals surface area contributed by atoms with Crippen LogP contribution in [-0.4, -0.2) is 16.9 Å². The average molecular weight is 212 g/mol. The van der Waals surface area contributed by atoms with Gasteiger partial charge in [-0.1, -0.05) is 25.5 Å². The lowest BCUT2D eigenvalue weighted by molar-refractivity contribution is -0.137. The number of carbonyl (C=O) groups is 2. The maximum atomic E-state index is 11.2. The molecule has 0 aromatic carbocycles. The number of carbonyl (C=O) groups excluding carboxylic acids is 1. The molecule has 0 aliphatic heterocycles. The van der Waals surface area contributed by atoms with E-state index in [4.69, 9.17) is 5.11 Å². The van der Waals surface area contributed by atoms with Crippen molar-refractivity contribution in [1.82, 2.24) is 0 Å². The monoisotopic (exact) mass is 212 g/mol. The Morgan fingerprint density at radius 2 is 1.73 bits per heavy atom. The molecule has 15 heavy (non-hydrogen) atoms. The smallest absolute Gasteiger partial charge is 0.303 e. The molecule has 86 valence electrons. The van der Waals surface area contributed by atoms with Gasteiger partial charge in [-0.25, -0.2) is 0 Å². The van der Waals surface area contributed by atoms with Gasteiger partial charge in [-0.2, -0.15) is 0 Å². The molecule has 1 N–H and O–H groups in total. The first kappa shape index (κ1) is 13.9. The molecule has 0 atom stereocenters. The summed E-state index contributed by atoms with van der Waals surface area (Å²) < 4.78 is 0.